The lowest BCUT2D eigenvalue weighted by atomic mass is 10.0. The first-order valence-corrected chi connectivity index (χ1v) is 6.30. The molecule has 0 saturated heterocycles. The third kappa shape index (κ3) is 2.14. The molecule has 4 heteroatoms. The molecule has 0 atom stereocenters. The molecule has 1 heterocycles. The Kier molecular flexibility index (Phi) is 3.18. The normalized spacial score (nSPS) is 12.6. The smallest absolute Gasteiger partial charge is 0.161 e. The van der Waals surface area contributed by atoms with Crippen LogP contribution in [0.1, 0.15) is 5.56 Å². The van der Waals surface area contributed by atoms with Gasteiger partial charge in [-0.1, -0.05) is 12.1 Å². The second-order valence-electron chi connectivity index (χ2n) is 4.39. The Morgan fingerprint density at radius 3 is 2.45 bits per heavy atom. The van der Waals surface area contributed by atoms with Crippen molar-refractivity contribution in [3.63, 3.8) is 0 Å². The highest BCUT2D eigenvalue weighted by atomic mass is 16.6. The van der Waals surface area contributed by atoms with E-state index in [1.54, 1.807) is 13.2 Å². The lowest BCUT2D eigenvalue weighted by Crippen LogP contribution is -2.15. The molecule has 20 heavy (non-hydrogen) atoms. The van der Waals surface area contributed by atoms with Crippen molar-refractivity contribution in [3.05, 3.63) is 42.0 Å². The Balaban J connectivity index is 2.03. The number of hydrogen-bond donors (Lipinski definition) is 0. The van der Waals surface area contributed by atoms with E-state index in [0.29, 0.717) is 24.5 Å². The van der Waals surface area contributed by atoms with Crippen LogP contribution in [0.3, 0.4) is 0 Å². The van der Waals surface area contributed by atoms with E-state index in [9.17, 15) is 0 Å². The van der Waals surface area contributed by atoms with Crippen LogP contribution in [-0.4, -0.2) is 20.3 Å². The minimum atomic E-state index is 0.514. The van der Waals surface area contributed by atoms with Crippen LogP contribution in [0.4, 0.5) is 0 Å². The van der Waals surface area contributed by atoms with E-state index in [1.807, 2.05) is 30.3 Å². The van der Waals surface area contributed by atoms with Crippen molar-refractivity contribution in [2.24, 2.45) is 0 Å². The number of nitriles is 1. The molecule has 2 aromatic rings. The molecule has 0 unspecified atom stereocenters. The monoisotopic (exact) mass is 267 g/mol. The second-order valence-corrected chi connectivity index (χ2v) is 4.39. The molecule has 1 aliphatic rings. The number of benzene rings is 2. The summed E-state index contributed by atoms with van der Waals surface area (Å²) >= 11 is 0. The van der Waals surface area contributed by atoms with Crippen LogP contribution in [0.25, 0.3) is 11.1 Å². The van der Waals surface area contributed by atoms with Gasteiger partial charge in [0.2, 0.25) is 0 Å². The van der Waals surface area contributed by atoms with Crippen molar-refractivity contribution in [1.29, 1.82) is 5.26 Å². The fourth-order valence-electron chi connectivity index (χ4n) is 2.20. The predicted molar refractivity (Wildman–Crippen MR) is 74.1 cm³/mol. The SMILES string of the molecule is COc1ccc(-c2ccc3c(c2)OCCO3)cc1C#N. The van der Waals surface area contributed by atoms with E-state index < -0.39 is 0 Å². The van der Waals surface area contributed by atoms with Crippen LogP contribution in [0.5, 0.6) is 17.2 Å². The molecule has 0 amide bonds. The molecule has 0 fully saturated rings. The van der Waals surface area contributed by atoms with Gasteiger partial charge in [-0.25, -0.2) is 0 Å². The van der Waals surface area contributed by atoms with Crippen LogP contribution in [-0.2, 0) is 0 Å². The van der Waals surface area contributed by atoms with Gasteiger partial charge in [0.25, 0.3) is 0 Å². The lowest BCUT2D eigenvalue weighted by molar-refractivity contribution is 0.171. The van der Waals surface area contributed by atoms with Gasteiger partial charge in [0.05, 0.1) is 12.7 Å². The van der Waals surface area contributed by atoms with Crippen LogP contribution >= 0.6 is 0 Å². The van der Waals surface area contributed by atoms with Gasteiger partial charge in [0, 0.05) is 0 Å². The molecule has 0 bridgehead atoms. The summed E-state index contributed by atoms with van der Waals surface area (Å²) in [5.41, 5.74) is 2.44. The summed E-state index contributed by atoms with van der Waals surface area (Å²) < 4.78 is 16.2. The number of ether oxygens (including phenoxy) is 3. The molecule has 2 aromatic carbocycles. The summed E-state index contributed by atoms with van der Waals surface area (Å²) in [5, 5.41) is 9.14. The third-order valence-corrected chi connectivity index (χ3v) is 3.20. The van der Waals surface area contributed by atoms with Crippen LogP contribution < -0.4 is 14.2 Å². The first kappa shape index (κ1) is 12.4. The summed E-state index contributed by atoms with van der Waals surface area (Å²) in [4.78, 5) is 0. The molecule has 100 valence electrons. The maximum atomic E-state index is 9.14. The van der Waals surface area contributed by atoms with E-state index in [4.69, 9.17) is 19.5 Å². The Bertz CT molecular complexity index is 689. The van der Waals surface area contributed by atoms with Gasteiger partial charge in [-0.15, -0.1) is 0 Å². The average molecular weight is 267 g/mol. The van der Waals surface area contributed by atoms with Crippen LogP contribution in [0.15, 0.2) is 36.4 Å². The molecular weight excluding hydrogens is 254 g/mol. The molecule has 3 rings (SSSR count). The number of nitrogens with zero attached hydrogens (tertiary/aromatic N) is 1. The van der Waals surface area contributed by atoms with Crippen molar-refractivity contribution in [3.8, 4) is 34.4 Å². The number of hydrogen-bond acceptors (Lipinski definition) is 4. The zero-order valence-electron chi connectivity index (χ0n) is 11.1. The summed E-state index contributed by atoms with van der Waals surface area (Å²) in [6.45, 7) is 1.13. The Morgan fingerprint density at radius 1 is 1.00 bits per heavy atom. The molecular formula is C16H13NO3. The zero-order valence-corrected chi connectivity index (χ0v) is 11.1. The molecule has 0 saturated carbocycles. The van der Waals surface area contributed by atoms with Gasteiger partial charge in [0.1, 0.15) is 25.0 Å². The summed E-state index contributed by atoms with van der Waals surface area (Å²) in [6, 6.07) is 13.4. The second kappa shape index (κ2) is 5.14. The van der Waals surface area contributed by atoms with E-state index in [0.717, 1.165) is 22.6 Å². The first-order valence-electron chi connectivity index (χ1n) is 6.30. The highest BCUT2D eigenvalue weighted by molar-refractivity contribution is 5.70. The van der Waals surface area contributed by atoms with Crippen molar-refractivity contribution in [1.82, 2.24) is 0 Å². The fourth-order valence-corrected chi connectivity index (χ4v) is 2.20. The number of methoxy groups -OCH3 is 1. The molecule has 4 nitrogen and oxygen atoms in total. The summed E-state index contributed by atoms with van der Waals surface area (Å²) in [5.74, 6) is 2.07. The highest BCUT2D eigenvalue weighted by Crippen LogP contribution is 2.35. The van der Waals surface area contributed by atoms with Gasteiger partial charge >= 0.3 is 0 Å². The predicted octanol–water partition coefficient (Wildman–Crippen LogP) is 3.01. The highest BCUT2D eigenvalue weighted by Gasteiger charge is 2.13. The topological polar surface area (TPSA) is 51.5 Å². The van der Waals surface area contributed by atoms with Gasteiger partial charge < -0.3 is 14.2 Å². The zero-order chi connectivity index (χ0) is 13.9. The molecule has 0 radical (unpaired) electrons. The molecule has 0 aromatic heterocycles. The van der Waals surface area contributed by atoms with Crippen LogP contribution in [0.2, 0.25) is 0 Å². The van der Waals surface area contributed by atoms with E-state index in [1.165, 1.54) is 0 Å². The van der Waals surface area contributed by atoms with Crippen LogP contribution in [0, 0.1) is 11.3 Å². The third-order valence-electron chi connectivity index (χ3n) is 3.20. The lowest BCUT2D eigenvalue weighted by Gasteiger charge is -2.19. The van der Waals surface area contributed by atoms with E-state index >= 15 is 0 Å². The fraction of sp³-hybridized carbons (Fsp3) is 0.188. The minimum Gasteiger partial charge on any atom is -0.495 e. The van der Waals surface area contributed by atoms with Crippen molar-refractivity contribution in [2.75, 3.05) is 20.3 Å². The van der Waals surface area contributed by atoms with E-state index in [-0.39, 0.29) is 0 Å². The maximum absolute atomic E-state index is 9.14. The number of rotatable bonds is 2. The van der Waals surface area contributed by atoms with Gasteiger partial charge in [0.15, 0.2) is 11.5 Å². The number of fused-ring (bicyclic) bond motifs is 1. The maximum Gasteiger partial charge on any atom is 0.161 e. The standard InChI is InChI=1S/C16H13NO3/c1-18-14-4-2-11(8-13(14)10-17)12-3-5-15-16(9-12)20-7-6-19-15/h2-5,8-9H,6-7H2,1H3. The minimum absolute atomic E-state index is 0.514. The summed E-state index contributed by atoms with van der Waals surface area (Å²) in [6.07, 6.45) is 0. The van der Waals surface area contributed by atoms with Gasteiger partial charge in [-0.3, -0.25) is 0 Å². The van der Waals surface area contributed by atoms with Crippen molar-refractivity contribution < 1.29 is 14.2 Å². The average Bonchev–Trinajstić information content (AvgIpc) is 2.53. The van der Waals surface area contributed by atoms with E-state index in [2.05, 4.69) is 6.07 Å². The molecule has 1 aliphatic heterocycles. The van der Waals surface area contributed by atoms with Gasteiger partial charge in [-0.05, 0) is 35.4 Å². The van der Waals surface area contributed by atoms with Gasteiger partial charge in [-0.2, -0.15) is 5.26 Å². The molecule has 0 N–H and O–H groups in total. The Labute approximate surface area is 117 Å². The quantitative estimate of drug-likeness (QED) is 0.839. The summed E-state index contributed by atoms with van der Waals surface area (Å²) in [7, 11) is 1.56. The van der Waals surface area contributed by atoms with Crippen molar-refractivity contribution >= 4 is 0 Å². The first-order chi connectivity index (χ1) is 9.81. The molecule has 0 aliphatic carbocycles. The Hall–Kier alpha value is -2.67. The largest absolute Gasteiger partial charge is 0.495 e. The Morgan fingerprint density at radius 2 is 1.70 bits per heavy atom. The van der Waals surface area contributed by atoms with Crippen molar-refractivity contribution in [2.45, 2.75) is 0 Å². The molecule has 0 spiro atoms.